The van der Waals surface area contributed by atoms with Crippen molar-refractivity contribution in [3.8, 4) is 0 Å². The number of H-pyrrole nitrogens is 1. The molecule has 3 N–H and O–H groups in total. The third kappa shape index (κ3) is 6.34. The van der Waals surface area contributed by atoms with Crippen LogP contribution in [-0.2, 0) is 28.9 Å². The number of benzene rings is 4. The van der Waals surface area contributed by atoms with Crippen LogP contribution in [0.4, 0.5) is 0 Å². The molecule has 6 heteroatoms. The molecule has 1 aromatic heterocycles. The van der Waals surface area contributed by atoms with Gasteiger partial charge in [0, 0.05) is 24.6 Å². The first-order valence-electron chi connectivity index (χ1n) is 13.5. The first-order valence-corrected chi connectivity index (χ1v) is 13.5. The third-order valence-corrected chi connectivity index (χ3v) is 7.10. The highest BCUT2D eigenvalue weighted by molar-refractivity contribution is 5.91. The Balaban J connectivity index is 1.48. The van der Waals surface area contributed by atoms with Crippen LogP contribution in [0, 0.1) is 5.92 Å². The molecule has 6 nitrogen and oxygen atoms in total. The molecule has 1 heterocycles. The van der Waals surface area contributed by atoms with Crippen LogP contribution in [0.25, 0.3) is 21.5 Å². The first kappa shape index (κ1) is 26.2. The van der Waals surface area contributed by atoms with Crippen molar-refractivity contribution in [1.82, 2.24) is 20.6 Å². The van der Waals surface area contributed by atoms with Crippen LogP contribution in [0.5, 0.6) is 0 Å². The lowest BCUT2D eigenvalue weighted by Crippen LogP contribution is -2.51. The number of rotatable bonds is 10. The minimum atomic E-state index is -0.731. The molecule has 0 aliphatic heterocycles. The Morgan fingerprint density at radius 2 is 1.28 bits per heavy atom. The van der Waals surface area contributed by atoms with Crippen molar-refractivity contribution in [2.75, 3.05) is 0 Å². The fraction of sp³-hybridized carbons (Fsp3) is 0.242. The number of aromatic nitrogens is 2. The standard InChI is InChI=1S/C33H34N4O2/c1-22(2)36-33(39)31(19-28-20-34-21-35-28)37-32(38)27(17-25-13-7-11-23-9-3-5-15-29(23)25)18-26-14-8-12-24-10-4-6-16-30(24)26/h3-16,20-22,27,31H,17-19H2,1-2H3,(H,34,35)(H,36,39)(H,37,38)/t31-/m0/s1. The van der Waals surface area contributed by atoms with Crippen molar-refractivity contribution in [1.29, 1.82) is 0 Å². The average Bonchev–Trinajstić information content (AvgIpc) is 3.45. The number of nitrogens with zero attached hydrogens (tertiary/aromatic N) is 1. The van der Waals surface area contributed by atoms with Gasteiger partial charge in [-0.1, -0.05) is 84.9 Å². The number of nitrogens with one attached hydrogen (secondary N) is 3. The summed E-state index contributed by atoms with van der Waals surface area (Å²) in [6, 6.07) is 28.2. The minimum Gasteiger partial charge on any atom is -0.352 e. The number of carbonyl (C=O) groups is 2. The van der Waals surface area contributed by atoms with E-state index in [0.29, 0.717) is 19.3 Å². The summed E-state index contributed by atoms with van der Waals surface area (Å²) in [6.07, 6.45) is 4.75. The Kier molecular flexibility index (Phi) is 8.02. The number of imidazole rings is 1. The topological polar surface area (TPSA) is 86.9 Å². The quantitative estimate of drug-likeness (QED) is 0.232. The summed E-state index contributed by atoms with van der Waals surface area (Å²) in [4.78, 5) is 34.4. The molecule has 0 spiro atoms. The minimum absolute atomic E-state index is 0.0433. The van der Waals surface area contributed by atoms with Gasteiger partial charge in [0.05, 0.1) is 12.0 Å². The van der Waals surface area contributed by atoms with E-state index in [1.54, 1.807) is 12.5 Å². The summed E-state index contributed by atoms with van der Waals surface area (Å²) in [6.45, 7) is 3.82. The zero-order chi connectivity index (χ0) is 27.2. The highest BCUT2D eigenvalue weighted by atomic mass is 16.2. The zero-order valence-electron chi connectivity index (χ0n) is 22.4. The molecular formula is C33H34N4O2. The van der Waals surface area contributed by atoms with Crippen molar-refractivity contribution in [3.05, 3.63) is 114 Å². The maximum atomic E-state index is 14.0. The molecule has 5 rings (SSSR count). The largest absolute Gasteiger partial charge is 0.352 e. The normalized spacial score (nSPS) is 12.2. The Morgan fingerprint density at radius 1 is 0.718 bits per heavy atom. The number of hydrogen-bond donors (Lipinski definition) is 3. The van der Waals surface area contributed by atoms with Gasteiger partial charge < -0.3 is 15.6 Å². The Hall–Kier alpha value is -4.45. The van der Waals surface area contributed by atoms with Gasteiger partial charge in [0.1, 0.15) is 6.04 Å². The van der Waals surface area contributed by atoms with Gasteiger partial charge in [0.15, 0.2) is 0 Å². The van der Waals surface area contributed by atoms with Gasteiger partial charge in [-0.15, -0.1) is 0 Å². The molecule has 0 saturated carbocycles. The fourth-order valence-corrected chi connectivity index (χ4v) is 5.23. The molecular weight excluding hydrogens is 484 g/mol. The molecule has 0 unspecified atom stereocenters. The van der Waals surface area contributed by atoms with Crippen LogP contribution in [0.2, 0.25) is 0 Å². The van der Waals surface area contributed by atoms with Crippen molar-refractivity contribution >= 4 is 33.4 Å². The molecule has 5 aromatic rings. The second-order valence-electron chi connectivity index (χ2n) is 10.4. The van der Waals surface area contributed by atoms with Crippen molar-refractivity contribution in [3.63, 3.8) is 0 Å². The highest BCUT2D eigenvalue weighted by Crippen LogP contribution is 2.26. The number of carbonyl (C=O) groups excluding carboxylic acids is 2. The van der Waals surface area contributed by atoms with Crippen molar-refractivity contribution in [2.24, 2.45) is 5.92 Å². The van der Waals surface area contributed by atoms with E-state index in [9.17, 15) is 9.59 Å². The maximum Gasteiger partial charge on any atom is 0.243 e. The van der Waals surface area contributed by atoms with E-state index >= 15 is 0 Å². The second kappa shape index (κ2) is 11.9. The van der Waals surface area contributed by atoms with E-state index in [4.69, 9.17) is 0 Å². The predicted octanol–water partition coefficient (Wildman–Crippen LogP) is 5.37. The van der Waals surface area contributed by atoms with E-state index in [1.807, 2.05) is 50.2 Å². The lowest BCUT2D eigenvalue weighted by Gasteiger charge is -2.24. The van der Waals surface area contributed by atoms with Crippen LogP contribution in [-0.4, -0.2) is 33.9 Å². The number of amides is 2. The number of hydrogen-bond acceptors (Lipinski definition) is 3. The SMILES string of the molecule is CC(C)NC(=O)[C@H](Cc1c[nH]cn1)NC(=O)C(Cc1cccc2ccccc12)Cc1cccc2ccccc12. The van der Waals surface area contributed by atoms with E-state index in [-0.39, 0.29) is 23.8 Å². The van der Waals surface area contributed by atoms with Gasteiger partial charge in [-0.05, 0) is 59.4 Å². The van der Waals surface area contributed by atoms with Gasteiger partial charge in [-0.3, -0.25) is 9.59 Å². The summed E-state index contributed by atoms with van der Waals surface area (Å²) in [5.74, 6) is -0.735. The van der Waals surface area contributed by atoms with Crippen molar-refractivity contribution < 1.29 is 9.59 Å². The summed E-state index contributed by atoms with van der Waals surface area (Å²) in [5, 5.41) is 10.6. The van der Waals surface area contributed by atoms with E-state index in [2.05, 4.69) is 69.1 Å². The summed E-state index contributed by atoms with van der Waals surface area (Å²) in [5.41, 5.74) is 2.95. The molecule has 2 amide bonds. The predicted molar refractivity (Wildman–Crippen MR) is 156 cm³/mol. The van der Waals surface area contributed by atoms with Crippen LogP contribution in [0.15, 0.2) is 97.5 Å². The third-order valence-electron chi connectivity index (χ3n) is 7.10. The highest BCUT2D eigenvalue weighted by Gasteiger charge is 2.28. The van der Waals surface area contributed by atoms with Crippen molar-refractivity contribution in [2.45, 2.75) is 45.2 Å². The van der Waals surface area contributed by atoms with Gasteiger partial charge >= 0.3 is 0 Å². The molecule has 0 fully saturated rings. The van der Waals surface area contributed by atoms with E-state index in [0.717, 1.165) is 38.4 Å². The van der Waals surface area contributed by atoms with Crippen LogP contribution in [0.3, 0.4) is 0 Å². The monoisotopic (exact) mass is 518 g/mol. The molecule has 4 aromatic carbocycles. The smallest absolute Gasteiger partial charge is 0.243 e. The molecule has 198 valence electrons. The van der Waals surface area contributed by atoms with Crippen LogP contribution >= 0.6 is 0 Å². The van der Waals surface area contributed by atoms with Gasteiger partial charge in [-0.25, -0.2) is 4.98 Å². The molecule has 39 heavy (non-hydrogen) atoms. The molecule has 0 aliphatic carbocycles. The Labute approximate surface area is 228 Å². The van der Waals surface area contributed by atoms with Gasteiger partial charge in [0.2, 0.25) is 11.8 Å². The van der Waals surface area contributed by atoms with E-state index in [1.165, 1.54) is 0 Å². The average molecular weight is 519 g/mol. The second-order valence-corrected chi connectivity index (χ2v) is 10.4. The Morgan fingerprint density at radius 3 is 1.82 bits per heavy atom. The number of aromatic amines is 1. The maximum absolute atomic E-state index is 14.0. The number of fused-ring (bicyclic) bond motifs is 2. The van der Waals surface area contributed by atoms with Crippen LogP contribution in [0.1, 0.15) is 30.7 Å². The fourth-order valence-electron chi connectivity index (χ4n) is 5.23. The van der Waals surface area contributed by atoms with Gasteiger partial charge in [-0.2, -0.15) is 0 Å². The molecule has 0 radical (unpaired) electrons. The van der Waals surface area contributed by atoms with E-state index < -0.39 is 6.04 Å². The molecule has 0 bridgehead atoms. The van der Waals surface area contributed by atoms with Crippen LogP contribution < -0.4 is 10.6 Å². The summed E-state index contributed by atoms with van der Waals surface area (Å²) >= 11 is 0. The van der Waals surface area contributed by atoms with Gasteiger partial charge in [0.25, 0.3) is 0 Å². The first-order chi connectivity index (χ1) is 19.0. The zero-order valence-corrected chi connectivity index (χ0v) is 22.4. The Bertz CT molecular complexity index is 1480. The molecule has 0 saturated heterocycles. The summed E-state index contributed by atoms with van der Waals surface area (Å²) in [7, 11) is 0. The summed E-state index contributed by atoms with van der Waals surface area (Å²) < 4.78 is 0. The molecule has 0 aliphatic rings. The lowest BCUT2D eigenvalue weighted by atomic mass is 9.87. The molecule has 1 atom stereocenters. The lowest BCUT2D eigenvalue weighted by molar-refractivity contribution is -0.131.